The molecule has 0 bridgehead atoms. The van der Waals surface area contributed by atoms with Gasteiger partial charge in [0.25, 0.3) is 5.91 Å². The summed E-state index contributed by atoms with van der Waals surface area (Å²) in [5.41, 5.74) is -3.19. The fraction of sp³-hybridized carbons (Fsp3) is 0.583. The summed E-state index contributed by atoms with van der Waals surface area (Å²) >= 11 is 0. The van der Waals surface area contributed by atoms with E-state index in [4.69, 9.17) is 14.2 Å². The zero-order chi connectivity index (χ0) is 37.5. The Kier molecular flexibility index (Phi) is 10.4. The number of carbonyl (C=O) groups excluding carboxylic acids is 4. The number of alkyl carbamates (subject to hydrolysis) is 1. The van der Waals surface area contributed by atoms with Crippen LogP contribution in [0, 0.1) is 11.3 Å². The topological polar surface area (TPSA) is 182 Å². The molecule has 1 aromatic carbocycles. The van der Waals surface area contributed by atoms with Crippen molar-refractivity contribution in [2.45, 2.75) is 109 Å². The van der Waals surface area contributed by atoms with Gasteiger partial charge >= 0.3 is 6.09 Å². The van der Waals surface area contributed by atoms with Crippen molar-refractivity contribution in [2.75, 3.05) is 13.2 Å². The van der Waals surface area contributed by atoms with Gasteiger partial charge in [0.05, 0.1) is 18.4 Å². The van der Waals surface area contributed by atoms with Gasteiger partial charge in [0.2, 0.25) is 27.7 Å². The van der Waals surface area contributed by atoms with Crippen molar-refractivity contribution in [1.82, 2.24) is 25.2 Å². The Morgan fingerprint density at radius 2 is 1.82 bits per heavy atom. The second-order valence-electron chi connectivity index (χ2n) is 15.5. The number of hydrogen-bond donors (Lipinski definition) is 3. The second-order valence-corrected chi connectivity index (χ2v) is 17.5. The zero-order valence-electron chi connectivity index (χ0n) is 30.3. The maximum absolute atomic E-state index is 14.4. The number of ether oxygens (including phenoxy) is 3. The number of sulfonamides is 1. The highest BCUT2D eigenvalue weighted by Crippen LogP contribution is 2.45. The number of fused-ring (bicyclic) bond motifs is 1. The van der Waals surface area contributed by atoms with E-state index in [0.717, 1.165) is 5.39 Å². The maximum Gasteiger partial charge on any atom is 0.408 e. The van der Waals surface area contributed by atoms with Gasteiger partial charge < -0.3 is 29.7 Å². The van der Waals surface area contributed by atoms with Crippen LogP contribution in [-0.4, -0.2) is 89.8 Å². The molecule has 2 aliphatic carbocycles. The smallest absolute Gasteiger partial charge is 0.408 e. The van der Waals surface area contributed by atoms with Crippen molar-refractivity contribution in [3.63, 3.8) is 0 Å². The largest absolute Gasteiger partial charge is 0.494 e. The average molecular weight is 728 g/mol. The van der Waals surface area contributed by atoms with E-state index in [1.807, 2.05) is 25.1 Å². The van der Waals surface area contributed by atoms with Crippen LogP contribution in [0.3, 0.4) is 0 Å². The van der Waals surface area contributed by atoms with Gasteiger partial charge in [-0.15, -0.1) is 6.58 Å². The summed E-state index contributed by atoms with van der Waals surface area (Å²) in [6.45, 7) is 16.6. The number of benzene rings is 1. The van der Waals surface area contributed by atoms with E-state index in [1.54, 1.807) is 53.8 Å². The van der Waals surface area contributed by atoms with Crippen LogP contribution in [0.1, 0.15) is 74.1 Å². The highest BCUT2D eigenvalue weighted by molar-refractivity contribution is 7.91. The van der Waals surface area contributed by atoms with Crippen LogP contribution in [0.2, 0.25) is 0 Å². The Labute approximate surface area is 299 Å². The van der Waals surface area contributed by atoms with Crippen molar-refractivity contribution in [1.29, 1.82) is 0 Å². The summed E-state index contributed by atoms with van der Waals surface area (Å²) < 4.78 is 45.0. The minimum Gasteiger partial charge on any atom is -0.494 e. The molecule has 1 saturated heterocycles. The molecular weight excluding hydrogens is 678 g/mol. The number of carbonyl (C=O) groups is 4. The molecule has 5 atom stereocenters. The number of aromatic nitrogens is 1. The molecule has 2 heterocycles. The molecular formula is C36H49N5O9S. The third-order valence-corrected chi connectivity index (χ3v) is 11.0. The number of nitrogens with zero attached hydrogens (tertiary/aromatic N) is 2. The fourth-order valence-electron chi connectivity index (χ4n) is 6.27. The summed E-state index contributed by atoms with van der Waals surface area (Å²) in [4.78, 5) is 60.8. The lowest BCUT2D eigenvalue weighted by molar-refractivity contribution is -0.143. The molecule has 3 fully saturated rings. The lowest BCUT2D eigenvalue weighted by Crippen LogP contribution is -2.60. The van der Waals surface area contributed by atoms with Gasteiger partial charge in [-0.3, -0.25) is 19.1 Å². The molecule has 14 nitrogen and oxygen atoms in total. The minimum atomic E-state index is -3.90. The number of hydrogen-bond acceptors (Lipinski definition) is 10. The molecule has 4 amide bonds. The monoisotopic (exact) mass is 727 g/mol. The molecule has 2 aromatic rings. The number of rotatable bonds is 12. The Hall–Kier alpha value is -4.40. The molecule has 1 aliphatic heterocycles. The molecule has 0 spiro atoms. The molecule has 5 rings (SSSR count). The summed E-state index contributed by atoms with van der Waals surface area (Å²) in [5.74, 6) is -1.62. The Bertz CT molecular complexity index is 1810. The molecule has 15 heteroatoms. The van der Waals surface area contributed by atoms with E-state index in [1.165, 1.54) is 11.0 Å². The van der Waals surface area contributed by atoms with Gasteiger partial charge in [0.1, 0.15) is 35.1 Å². The number of pyridine rings is 1. The van der Waals surface area contributed by atoms with E-state index in [9.17, 15) is 27.6 Å². The van der Waals surface area contributed by atoms with Gasteiger partial charge in [0.15, 0.2) is 0 Å². The highest BCUT2D eigenvalue weighted by atomic mass is 32.2. The van der Waals surface area contributed by atoms with Gasteiger partial charge in [-0.2, -0.15) is 0 Å². The molecule has 0 radical (unpaired) electrons. The number of likely N-dealkylation sites (tertiary alicyclic amines) is 1. The molecule has 2 saturated carbocycles. The second kappa shape index (κ2) is 14.0. The third-order valence-electron chi connectivity index (χ3n) is 9.16. The van der Waals surface area contributed by atoms with Crippen LogP contribution in [0.4, 0.5) is 4.79 Å². The van der Waals surface area contributed by atoms with E-state index in [0.29, 0.717) is 36.5 Å². The Morgan fingerprint density at radius 1 is 1.12 bits per heavy atom. The lowest BCUT2D eigenvalue weighted by atomic mass is 9.85. The van der Waals surface area contributed by atoms with Crippen LogP contribution in [-0.2, 0) is 29.1 Å². The predicted molar refractivity (Wildman–Crippen MR) is 189 cm³/mol. The first-order valence-corrected chi connectivity index (χ1v) is 18.8. The minimum absolute atomic E-state index is 0.0206. The number of nitrogens with one attached hydrogen (secondary N) is 3. The first-order valence-electron chi connectivity index (χ1n) is 17.3. The van der Waals surface area contributed by atoms with Crippen molar-refractivity contribution in [2.24, 2.45) is 11.3 Å². The van der Waals surface area contributed by atoms with Gasteiger partial charge in [-0.05, 0) is 82.0 Å². The SMILES string of the molecule is C=C[C@@H]1C[C@]1(NC(=O)[C@@H]1C[C@@H](Oc2nccc3cc(OCC)ccc23)CN1C(=O)[C@@H](NC(=O)OC(C)(C)C)C(C)(C)C)C(=O)NS(=O)(=O)C1CC1. The summed E-state index contributed by atoms with van der Waals surface area (Å²) in [5, 5.41) is 6.35. The molecule has 1 aromatic heterocycles. The molecule has 3 N–H and O–H groups in total. The lowest BCUT2D eigenvalue weighted by Gasteiger charge is -2.36. The van der Waals surface area contributed by atoms with Crippen LogP contribution in [0.5, 0.6) is 11.6 Å². The van der Waals surface area contributed by atoms with E-state index >= 15 is 0 Å². The predicted octanol–water partition coefficient (Wildman–Crippen LogP) is 3.59. The van der Waals surface area contributed by atoms with Gasteiger partial charge in [-0.25, -0.2) is 18.2 Å². The maximum atomic E-state index is 14.4. The normalized spacial score (nSPS) is 23.9. The van der Waals surface area contributed by atoms with Crippen LogP contribution in [0.25, 0.3) is 10.8 Å². The number of amides is 4. The molecule has 3 aliphatic rings. The average Bonchev–Trinajstić information content (AvgIpc) is 3.95. The van der Waals surface area contributed by atoms with Crippen molar-refractivity contribution >= 4 is 44.6 Å². The quantitative estimate of drug-likeness (QED) is 0.273. The highest BCUT2D eigenvalue weighted by Gasteiger charge is 2.62. The van der Waals surface area contributed by atoms with E-state index in [2.05, 4.69) is 26.9 Å². The van der Waals surface area contributed by atoms with E-state index in [-0.39, 0.29) is 19.4 Å². The molecule has 51 heavy (non-hydrogen) atoms. The van der Waals surface area contributed by atoms with E-state index < -0.39 is 79.7 Å². The fourth-order valence-corrected chi connectivity index (χ4v) is 7.63. The Morgan fingerprint density at radius 3 is 2.41 bits per heavy atom. The third kappa shape index (κ3) is 8.57. The standard InChI is InChI=1S/C36H49N5O9S/c1-9-22-19-36(22,32(44)40-51(46,47)25-12-13-25)39-29(42)27-18-24(49-30-26-14-11-23(48-10-2)17-21(26)15-16-37-30)20-41(27)31(43)28(34(3,4)5)38-33(45)50-35(6,7)8/h9,11,14-17,22,24-25,27-28H,1,10,12-13,18-20H2,2-8H3,(H,38,45)(H,39,42)(H,40,44)/t22-,24-,27+,28-,36-/m1/s1. The first-order chi connectivity index (χ1) is 23.8. The summed E-state index contributed by atoms with van der Waals surface area (Å²) in [6.07, 6.45) is 2.65. The van der Waals surface area contributed by atoms with Crippen molar-refractivity contribution in [3.05, 3.63) is 43.1 Å². The Balaban J connectivity index is 1.44. The molecule has 0 unspecified atom stereocenters. The zero-order valence-corrected chi connectivity index (χ0v) is 31.1. The molecule has 278 valence electrons. The van der Waals surface area contributed by atoms with Crippen LogP contribution < -0.4 is 24.8 Å². The van der Waals surface area contributed by atoms with Crippen molar-refractivity contribution < 1.29 is 41.8 Å². The first kappa shape index (κ1) is 37.8. The van der Waals surface area contributed by atoms with Gasteiger partial charge in [-0.1, -0.05) is 26.8 Å². The summed E-state index contributed by atoms with van der Waals surface area (Å²) in [7, 11) is -3.90. The van der Waals surface area contributed by atoms with Crippen LogP contribution >= 0.6 is 0 Å². The van der Waals surface area contributed by atoms with Crippen molar-refractivity contribution in [3.8, 4) is 11.6 Å². The summed E-state index contributed by atoms with van der Waals surface area (Å²) in [6, 6.07) is 5.05. The van der Waals surface area contributed by atoms with Crippen LogP contribution in [0.15, 0.2) is 43.1 Å². The van der Waals surface area contributed by atoms with Gasteiger partial charge in [0, 0.05) is 23.9 Å².